The van der Waals surface area contributed by atoms with Crippen LogP contribution in [0.25, 0.3) is 11.1 Å². The van der Waals surface area contributed by atoms with Crippen molar-refractivity contribution >= 4 is 0 Å². The summed E-state index contributed by atoms with van der Waals surface area (Å²) in [5.41, 5.74) is 17.9. The first-order valence-corrected chi connectivity index (χ1v) is 24.6. The Kier molecular flexibility index (Phi) is 6.01. The molecule has 286 valence electrons. The summed E-state index contributed by atoms with van der Waals surface area (Å²) in [6.07, 6.45) is 36.2. The lowest BCUT2D eigenvalue weighted by Gasteiger charge is -2.58. The first-order valence-electron chi connectivity index (χ1n) is 24.6. The smallest absolute Gasteiger partial charge is 0.0199 e. The fraction of sp³-hybridized carbons (Fsp3) is 0.709. The Hall–Kier alpha value is -2.08. The number of rotatable bonds is 4. The lowest BCUT2D eigenvalue weighted by atomic mass is 9.47. The molecule has 13 fully saturated rings. The van der Waals surface area contributed by atoms with Crippen LogP contribution < -0.4 is 0 Å². The Balaban J connectivity index is 0.891. The van der Waals surface area contributed by atoms with Crippen LogP contribution in [0, 0.1) is 75.9 Å². The molecular formula is C55H66. The predicted octanol–water partition coefficient (Wildman–Crippen LogP) is 14.0. The summed E-state index contributed by atoms with van der Waals surface area (Å²) in [6.45, 7) is 2.85. The number of benzene rings is 2. The molecule has 0 N–H and O–H groups in total. The fourth-order valence-corrected chi connectivity index (χ4v) is 21.4. The minimum Gasteiger partial charge on any atom is -0.0596 e. The fourth-order valence-electron chi connectivity index (χ4n) is 21.4. The van der Waals surface area contributed by atoms with Crippen LogP contribution in [-0.2, 0) is 10.8 Å². The van der Waals surface area contributed by atoms with Gasteiger partial charge in [0.05, 0.1) is 0 Å². The topological polar surface area (TPSA) is 0 Å². The SMILES string of the molecule is CC1(C2c3ccc(C45CC6CC(CC(C6)C4)C5)cc3-c3cc(C45CC6CC(CC(C6)C4)C5)ccc32)C2=C(CC(C34CC5CC(CC(C5)C3)C4)=C2)C2CCCC21. The van der Waals surface area contributed by atoms with Crippen molar-refractivity contribution in [2.24, 2.45) is 75.9 Å². The van der Waals surface area contributed by atoms with Crippen molar-refractivity contribution in [2.75, 3.05) is 0 Å². The molecule has 12 bridgehead atoms. The standard InChI is InChI=1S/C55H66/c1-52(49-4-2-3-43(49)48-20-42(21-50(48)52)55-28-37-15-38(29-55)17-39(16-37)30-55)51-44-7-5-40(53-22-31-9-32(23-53)11-33(10-31)24-53)18-46(44)47-19-41(6-8-45(47)51)54-25-34-12-35(26-54)14-36(13-34)27-54/h5-8,18-19,21,31-39,43,49,51H,2-4,9-17,20,22-30H2,1H3. The third-order valence-electron chi connectivity index (χ3n) is 22.0. The van der Waals surface area contributed by atoms with Crippen LogP contribution in [0.3, 0.4) is 0 Å². The second-order valence-corrected chi connectivity index (χ2v) is 24.8. The predicted molar refractivity (Wildman–Crippen MR) is 223 cm³/mol. The lowest BCUT2D eigenvalue weighted by molar-refractivity contribution is -0.0315. The van der Waals surface area contributed by atoms with Gasteiger partial charge in [0.15, 0.2) is 0 Å². The number of hydrogen-bond acceptors (Lipinski definition) is 0. The van der Waals surface area contributed by atoms with Crippen LogP contribution in [0.1, 0.15) is 176 Å². The summed E-state index contributed by atoms with van der Waals surface area (Å²) in [6, 6.07) is 16.8. The van der Waals surface area contributed by atoms with Crippen LogP contribution in [0.15, 0.2) is 59.2 Å². The third-order valence-corrected chi connectivity index (χ3v) is 22.0. The van der Waals surface area contributed by atoms with Gasteiger partial charge in [-0.1, -0.05) is 67.0 Å². The Morgan fingerprint density at radius 2 is 0.909 bits per heavy atom. The molecule has 16 aliphatic carbocycles. The molecule has 16 aliphatic rings. The zero-order chi connectivity index (χ0) is 35.6. The van der Waals surface area contributed by atoms with Crippen LogP contribution in [0.2, 0.25) is 0 Å². The van der Waals surface area contributed by atoms with E-state index in [1.54, 1.807) is 91.2 Å². The van der Waals surface area contributed by atoms with Gasteiger partial charge in [0, 0.05) is 11.3 Å². The largest absolute Gasteiger partial charge is 0.0596 e. The van der Waals surface area contributed by atoms with E-state index in [0.29, 0.717) is 22.2 Å². The zero-order valence-corrected chi connectivity index (χ0v) is 34.0. The molecule has 0 aromatic heterocycles. The van der Waals surface area contributed by atoms with E-state index in [4.69, 9.17) is 0 Å². The highest BCUT2D eigenvalue weighted by atomic mass is 14.7. The number of allylic oxidation sites excluding steroid dienone is 4. The minimum atomic E-state index is 0.213. The van der Waals surface area contributed by atoms with Crippen LogP contribution in [0.4, 0.5) is 0 Å². The normalized spacial score (nSPS) is 52.3. The molecular weight excluding hydrogens is 661 g/mol. The first kappa shape index (κ1) is 31.9. The van der Waals surface area contributed by atoms with Gasteiger partial charge in [-0.15, -0.1) is 0 Å². The molecule has 0 heteroatoms. The Bertz CT molecular complexity index is 1920. The molecule has 0 amide bonds. The zero-order valence-electron chi connectivity index (χ0n) is 34.0. The molecule has 0 heterocycles. The summed E-state index contributed by atoms with van der Waals surface area (Å²) >= 11 is 0. The number of hydrogen-bond donors (Lipinski definition) is 0. The molecule has 2 aromatic rings. The van der Waals surface area contributed by atoms with Crippen molar-refractivity contribution < 1.29 is 0 Å². The molecule has 3 atom stereocenters. The van der Waals surface area contributed by atoms with Crippen molar-refractivity contribution in [3.05, 3.63) is 81.4 Å². The maximum atomic E-state index is 2.98. The van der Waals surface area contributed by atoms with E-state index in [1.165, 1.54) is 83.5 Å². The van der Waals surface area contributed by atoms with Crippen molar-refractivity contribution in [3.8, 4) is 11.1 Å². The first-order chi connectivity index (χ1) is 26.8. The van der Waals surface area contributed by atoms with Gasteiger partial charge in [-0.3, -0.25) is 0 Å². The highest BCUT2D eigenvalue weighted by Gasteiger charge is 2.62. The second kappa shape index (κ2) is 10.4. The molecule has 0 saturated heterocycles. The van der Waals surface area contributed by atoms with Gasteiger partial charge in [0.1, 0.15) is 0 Å². The highest BCUT2D eigenvalue weighted by molar-refractivity contribution is 5.82. The van der Waals surface area contributed by atoms with Gasteiger partial charge in [-0.05, 0) is 255 Å². The highest BCUT2D eigenvalue weighted by Crippen LogP contribution is 2.73. The average Bonchev–Trinajstić information content (AvgIpc) is 3.92. The number of fused-ring (bicyclic) bond motifs is 5. The van der Waals surface area contributed by atoms with Gasteiger partial charge >= 0.3 is 0 Å². The summed E-state index contributed by atoms with van der Waals surface area (Å²) < 4.78 is 0. The summed E-state index contributed by atoms with van der Waals surface area (Å²) in [5, 5.41) is 0. The molecule has 0 spiro atoms. The Labute approximate surface area is 332 Å². The second-order valence-electron chi connectivity index (χ2n) is 24.8. The molecule has 55 heavy (non-hydrogen) atoms. The Morgan fingerprint density at radius 1 is 0.491 bits per heavy atom. The lowest BCUT2D eigenvalue weighted by Crippen LogP contribution is -2.48. The monoisotopic (exact) mass is 727 g/mol. The van der Waals surface area contributed by atoms with Crippen molar-refractivity contribution in [1.29, 1.82) is 0 Å². The maximum absolute atomic E-state index is 2.98. The van der Waals surface area contributed by atoms with Gasteiger partial charge in [-0.25, -0.2) is 0 Å². The minimum absolute atomic E-state index is 0.213. The molecule has 2 aromatic carbocycles. The van der Waals surface area contributed by atoms with Gasteiger partial charge in [0.25, 0.3) is 0 Å². The van der Waals surface area contributed by atoms with Crippen molar-refractivity contribution in [1.82, 2.24) is 0 Å². The van der Waals surface area contributed by atoms with Crippen LogP contribution in [-0.4, -0.2) is 0 Å². The molecule has 0 aliphatic heterocycles. The van der Waals surface area contributed by atoms with E-state index >= 15 is 0 Å². The van der Waals surface area contributed by atoms with E-state index in [1.807, 2.05) is 16.7 Å². The molecule has 0 radical (unpaired) electrons. The molecule has 13 saturated carbocycles. The maximum Gasteiger partial charge on any atom is 0.0199 e. The summed E-state index contributed by atoms with van der Waals surface area (Å²) in [7, 11) is 0. The summed E-state index contributed by atoms with van der Waals surface area (Å²) in [5.74, 6) is 11.3. The van der Waals surface area contributed by atoms with E-state index in [9.17, 15) is 0 Å². The van der Waals surface area contributed by atoms with E-state index < -0.39 is 0 Å². The van der Waals surface area contributed by atoms with Crippen molar-refractivity contribution in [2.45, 2.75) is 165 Å². The van der Waals surface area contributed by atoms with E-state index in [0.717, 1.165) is 65.1 Å². The quantitative estimate of drug-likeness (QED) is 0.294. The Morgan fingerprint density at radius 3 is 1.35 bits per heavy atom. The van der Waals surface area contributed by atoms with Gasteiger partial charge in [0.2, 0.25) is 0 Å². The van der Waals surface area contributed by atoms with Crippen molar-refractivity contribution in [3.63, 3.8) is 0 Å². The third kappa shape index (κ3) is 4.04. The van der Waals surface area contributed by atoms with Gasteiger partial charge in [-0.2, -0.15) is 0 Å². The van der Waals surface area contributed by atoms with Crippen LogP contribution in [0.5, 0.6) is 0 Å². The van der Waals surface area contributed by atoms with E-state index in [2.05, 4.69) is 49.4 Å². The molecule has 0 nitrogen and oxygen atoms in total. The van der Waals surface area contributed by atoms with Crippen LogP contribution >= 0.6 is 0 Å². The van der Waals surface area contributed by atoms with Gasteiger partial charge < -0.3 is 0 Å². The molecule has 3 unspecified atom stereocenters. The molecule has 18 rings (SSSR count). The summed E-state index contributed by atoms with van der Waals surface area (Å²) in [4.78, 5) is 0. The average molecular weight is 727 g/mol. The van der Waals surface area contributed by atoms with E-state index in [-0.39, 0.29) is 5.41 Å².